The van der Waals surface area contributed by atoms with Gasteiger partial charge < -0.3 is 0 Å². The van der Waals surface area contributed by atoms with E-state index in [0.29, 0.717) is 25.0 Å². The minimum Gasteiger partial charge on any atom is -0.300 e. The fraction of sp³-hybridized carbons (Fsp3) is 0.909. The Hall–Kier alpha value is -0.660. The third-order valence-electron chi connectivity index (χ3n) is 4.92. The molecule has 0 aromatic carbocycles. The first-order valence-electron chi connectivity index (χ1n) is 10.7. The molecule has 0 aliphatic carbocycles. The van der Waals surface area contributed by atoms with E-state index in [1.54, 1.807) is 0 Å². The number of hydrogen-bond donors (Lipinski definition) is 0. The van der Waals surface area contributed by atoms with E-state index in [0.717, 1.165) is 25.7 Å². The average molecular weight is 339 g/mol. The number of unbranched alkanes of at least 4 members (excludes halogenated alkanes) is 11. The van der Waals surface area contributed by atoms with Gasteiger partial charge in [0.15, 0.2) is 0 Å². The molecule has 0 amide bonds. The van der Waals surface area contributed by atoms with Crippen LogP contribution >= 0.6 is 0 Å². The fourth-order valence-corrected chi connectivity index (χ4v) is 3.16. The summed E-state index contributed by atoms with van der Waals surface area (Å²) in [7, 11) is 0. The first-order valence-corrected chi connectivity index (χ1v) is 10.7. The van der Waals surface area contributed by atoms with Crippen LogP contribution < -0.4 is 0 Å². The van der Waals surface area contributed by atoms with Gasteiger partial charge in [0.1, 0.15) is 11.6 Å². The molecule has 0 spiro atoms. The van der Waals surface area contributed by atoms with Crippen molar-refractivity contribution < 1.29 is 9.59 Å². The lowest BCUT2D eigenvalue weighted by atomic mass is 9.94. The minimum absolute atomic E-state index is 0.0716. The lowest BCUT2D eigenvalue weighted by Gasteiger charge is -2.10. The van der Waals surface area contributed by atoms with E-state index in [4.69, 9.17) is 0 Å². The zero-order valence-electron chi connectivity index (χ0n) is 16.7. The predicted molar refractivity (Wildman–Crippen MR) is 104 cm³/mol. The van der Waals surface area contributed by atoms with Crippen LogP contribution in [0, 0.1) is 5.92 Å². The van der Waals surface area contributed by atoms with E-state index in [1.165, 1.54) is 57.8 Å². The largest absolute Gasteiger partial charge is 0.300 e. The minimum atomic E-state index is -0.0716. The van der Waals surface area contributed by atoms with E-state index in [1.807, 2.05) is 6.92 Å². The van der Waals surface area contributed by atoms with Crippen molar-refractivity contribution in [3.8, 4) is 0 Å². The molecule has 24 heavy (non-hydrogen) atoms. The molecular formula is C22H42O2. The van der Waals surface area contributed by atoms with Gasteiger partial charge in [-0.05, 0) is 12.8 Å². The highest BCUT2D eigenvalue weighted by Crippen LogP contribution is 2.15. The van der Waals surface area contributed by atoms with Crippen molar-refractivity contribution in [2.75, 3.05) is 0 Å². The lowest BCUT2D eigenvalue weighted by molar-refractivity contribution is -0.127. The van der Waals surface area contributed by atoms with Crippen LogP contribution in [0.5, 0.6) is 0 Å². The molecule has 0 saturated heterocycles. The summed E-state index contributed by atoms with van der Waals surface area (Å²) in [4.78, 5) is 24.1. The Morgan fingerprint density at radius 1 is 0.625 bits per heavy atom. The standard InChI is InChI=1S/C22H42O2/c1-4-6-8-10-12-14-16-18-22(24)20(3)19-21(23)17-15-13-11-9-7-5-2/h20H,4-19H2,1-3H3. The third-order valence-corrected chi connectivity index (χ3v) is 4.92. The molecule has 1 atom stereocenters. The second kappa shape index (κ2) is 17.2. The van der Waals surface area contributed by atoms with E-state index in [9.17, 15) is 9.59 Å². The number of rotatable bonds is 18. The maximum Gasteiger partial charge on any atom is 0.136 e. The topological polar surface area (TPSA) is 34.1 Å². The van der Waals surface area contributed by atoms with Gasteiger partial charge in [0.2, 0.25) is 0 Å². The van der Waals surface area contributed by atoms with Crippen LogP contribution in [0.25, 0.3) is 0 Å². The summed E-state index contributed by atoms with van der Waals surface area (Å²) in [5, 5.41) is 0. The Balaban J connectivity index is 3.57. The monoisotopic (exact) mass is 338 g/mol. The second-order valence-corrected chi connectivity index (χ2v) is 7.50. The molecule has 0 saturated carbocycles. The van der Waals surface area contributed by atoms with Crippen molar-refractivity contribution in [2.45, 2.75) is 124 Å². The van der Waals surface area contributed by atoms with Gasteiger partial charge in [0, 0.05) is 25.2 Å². The average Bonchev–Trinajstić information content (AvgIpc) is 2.56. The first kappa shape index (κ1) is 23.3. The molecular weight excluding hydrogens is 296 g/mol. The SMILES string of the molecule is CCCCCCCCCC(=O)C(C)CC(=O)CCCCCCCC. The molecule has 0 aliphatic rings. The molecule has 2 heteroatoms. The predicted octanol–water partition coefficient (Wildman–Crippen LogP) is 7.04. The second-order valence-electron chi connectivity index (χ2n) is 7.50. The van der Waals surface area contributed by atoms with E-state index >= 15 is 0 Å². The van der Waals surface area contributed by atoms with Crippen molar-refractivity contribution in [3.05, 3.63) is 0 Å². The van der Waals surface area contributed by atoms with Crippen molar-refractivity contribution in [1.82, 2.24) is 0 Å². The fourth-order valence-electron chi connectivity index (χ4n) is 3.16. The van der Waals surface area contributed by atoms with Crippen LogP contribution in [0.4, 0.5) is 0 Å². The van der Waals surface area contributed by atoms with Gasteiger partial charge in [-0.1, -0.05) is 91.4 Å². The van der Waals surface area contributed by atoms with Crippen LogP contribution in [-0.2, 0) is 9.59 Å². The van der Waals surface area contributed by atoms with Crippen molar-refractivity contribution in [2.24, 2.45) is 5.92 Å². The van der Waals surface area contributed by atoms with Crippen LogP contribution in [-0.4, -0.2) is 11.6 Å². The van der Waals surface area contributed by atoms with E-state index in [2.05, 4.69) is 13.8 Å². The van der Waals surface area contributed by atoms with Crippen LogP contribution in [0.2, 0.25) is 0 Å². The number of hydrogen-bond acceptors (Lipinski definition) is 2. The summed E-state index contributed by atoms with van der Waals surface area (Å²) in [6.45, 7) is 6.38. The first-order chi connectivity index (χ1) is 11.6. The Morgan fingerprint density at radius 2 is 1.04 bits per heavy atom. The summed E-state index contributed by atoms with van der Waals surface area (Å²) in [5.41, 5.74) is 0. The highest BCUT2D eigenvalue weighted by Gasteiger charge is 2.16. The van der Waals surface area contributed by atoms with Crippen LogP contribution in [0.1, 0.15) is 124 Å². The Labute approximate surface area is 151 Å². The molecule has 0 aromatic rings. The highest BCUT2D eigenvalue weighted by molar-refractivity contribution is 5.87. The van der Waals surface area contributed by atoms with Crippen molar-refractivity contribution >= 4 is 11.6 Å². The molecule has 0 aliphatic heterocycles. The molecule has 0 radical (unpaired) electrons. The Morgan fingerprint density at radius 3 is 1.54 bits per heavy atom. The van der Waals surface area contributed by atoms with Gasteiger partial charge in [-0.25, -0.2) is 0 Å². The van der Waals surface area contributed by atoms with Crippen LogP contribution in [0.15, 0.2) is 0 Å². The van der Waals surface area contributed by atoms with Gasteiger partial charge in [-0.15, -0.1) is 0 Å². The van der Waals surface area contributed by atoms with Gasteiger partial charge in [0.25, 0.3) is 0 Å². The zero-order valence-corrected chi connectivity index (χ0v) is 16.7. The van der Waals surface area contributed by atoms with Crippen molar-refractivity contribution in [1.29, 1.82) is 0 Å². The van der Waals surface area contributed by atoms with Crippen molar-refractivity contribution in [3.63, 3.8) is 0 Å². The van der Waals surface area contributed by atoms with Gasteiger partial charge in [-0.3, -0.25) is 9.59 Å². The maximum absolute atomic E-state index is 12.1. The molecule has 1 unspecified atom stereocenters. The van der Waals surface area contributed by atoms with Gasteiger partial charge in [0.05, 0.1) is 0 Å². The van der Waals surface area contributed by atoms with Gasteiger partial charge in [-0.2, -0.15) is 0 Å². The molecule has 0 heterocycles. The smallest absolute Gasteiger partial charge is 0.136 e. The number of ketones is 2. The summed E-state index contributed by atoms with van der Waals surface area (Å²) in [6.07, 6.45) is 17.7. The summed E-state index contributed by atoms with van der Waals surface area (Å²) < 4.78 is 0. The summed E-state index contributed by atoms with van der Waals surface area (Å²) in [6, 6.07) is 0. The molecule has 0 fully saturated rings. The van der Waals surface area contributed by atoms with Crippen LogP contribution in [0.3, 0.4) is 0 Å². The third kappa shape index (κ3) is 14.9. The molecule has 0 aromatic heterocycles. The quantitative estimate of drug-likeness (QED) is 0.251. The molecule has 142 valence electrons. The maximum atomic E-state index is 12.1. The number of Topliss-reactive ketones (excluding diaryl/α,β-unsaturated/α-hetero) is 2. The highest BCUT2D eigenvalue weighted by atomic mass is 16.1. The normalized spacial score (nSPS) is 12.3. The Bertz CT molecular complexity index is 309. The lowest BCUT2D eigenvalue weighted by Crippen LogP contribution is -2.15. The molecule has 0 bridgehead atoms. The molecule has 0 rings (SSSR count). The number of carbonyl (C=O) groups excluding carboxylic acids is 2. The zero-order chi connectivity index (χ0) is 18.0. The molecule has 0 N–H and O–H groups in total. The van der Waals surface area contributed by atoms with Gasteiger partial charge >= 0.3 is 0 Å². The summed E-state index contributed by atoms with van der Waals surface area (Å²) in [5.74, 6) is 0.503. The number of carbonyl (C=O) groups is 2. The van der Waals surface area contributed by atoms with E-state index in [-0.39, 0.29) is 11.7 Å². The Kier molecular flexibility index (Phi) is 16.7. The molecule has 2 nitrogen and oxygen atoms in total. The summed E-state index contributed by atoms with van der Waals surface area (Å²) >= 11 is 0. The van der Waals surface area contributed by atoms with E-state index < -0.39 is 0 Å².